The minimum atomic E-state index is 0.707. The highest BCUT2D eigenvalue weighted by atomic mass is 35.5. The molecule has 0 radical (unpaired) electrons. The molecule has 2 rings (SSSR count). The van der Waals surface area contributed by atoms with Crippen molar-refractivity contribution in [3.63, 3.8) is 0 Å². The standard InChI is InChI=1S/C13H15ClN2OS/c1-17-10-2-4-12(15)9(6-10)7-16-8-11-3-5-13(14)18-11/h2-6,16H,7-8,15H2,1H3. The van der Waals surface area contributed by atoms with Crippen LogP contribution in [0.25, 0.3) is 0 Å². The van der Waals surface area contributed by atoms with E-state index in [4.69, 9.17) is 22.1 Å². The Bertz CT molecular complexity index is 527. The third kappa shape index (κ3) is 3.38. The molecule has 0 atom stereocenters. The van der Waals surface area contributed by atoms with Gasteiger partial charge in [-0.05, 0) is 35.9 Å². The van der Waals surface area contributed by atoms with Crippen LogP contribution in [0, 0.1) is 0 Å². The van der Waals surface area contributed by atoms with Crippen LogP contribution in [0.1, 0.15) is 10.4 Å². The van der Waals surface area contributed by atoms with Crippen LogP contribution < -0.4 is 15.8 Å². The summed E-state index contributed by atoms with van der Waals surface area (Å²) < 4.78 is 5.99. The Kier molecular flexibility index (Phi) is 4.47. The van der Waals surface area contributed by atoms with E-state index in [-0.39, 0.29) is 0 Å². The van der Waals surface area contributed by atoms with E-state index in [0.29, 0.717) is 6.54 Å². The summed E-state index contributed by atoms with van der Waals surface area (Å²) in [6.07, 6.45) is 0. The fraction of sp³-hybridized carbons (Fsp3) is 0.231. The van der Waals surface area contributed by atoms with Crippen molar-refractivity contribution in [3.8, 4) is 5.75 Å². The molecule has 3 nitrogen and oxygen atoms in total. The maximum atomic E-state index is 5.91. The second-order valence-corrected chi connectivity index (χ2v) is 5.67. The first-order valence-electron chi connectivity index (χ1n) is 5.56. The molecule has 5 heteroatoms. The van der Waals surface area contributed by atoms with Crippen molar-refractivity contribution < 1.29 is 4.74 Å². The third-order valence-corrected chi connectivity index (χ3v) is 3.82. The average molecular weight is 283 g/mol. The molecule has 0 saturated heterocycles. The van der Waals surface area contributed by atoms with Gasteiger partial charge in [0.25, 0.3) is 0 Å². The van der Waals surface area contributed by atoms with E-state index in [0.717, 1.165) is 27.9 Å². The summed E-state index contributed by atoms with van der Waals surface area (Å²) in [6.45, 7) is 1.49. The molecule has 0 aliphatic heterocycles. The van der Waals surface area contributed by atoms with Crippen LogP contribution in [0.3, 0.4) is 0 Å². The minimum Gasteiger partial charge on any atom is -0.497 e. The van der Waals surface area contributed by atoms with Gasteiger partial charge in [-0.15, -0.1) is 11.3 Å². The Labute approximate surface area is 116 Å². The lowest BCUT2D eigenvalue weighted by molar-refractivity contribution is 0.414. The molecule has 0 fully saturated rings. The van der Waals surface area contributed by atoms with Crippen LogP contribution in [-0.2, 0) is 13.1 Å². The molecule has 0 spiro atoms. The minimum absolute atomic E-state index is 0.707. The molecule has 0 bridgehead atoms. The van der Waals surface area contributed by atoms with Gasteiger partial charge in [0.2, 0.25) is 0 Å². The molecule has 0 aliphatic carbocycles. The van der Waals surface area contributed by atoms with Crippen molar-refractivity contribution in [2.45, 2.75) is 13.1 Å². The molecular weight excluding hydrogens is 268 g/mol. The van der Waals surface area contributed by atoms with Gasteiger partial charge in [-0.25, -0.2) is 0 Å². The van der Waals surface area contributed by atoms with Crippen LogP contribution in [-0.4, -0.2) is 7.11 Å². The van der Waals surface area contributed by atoms with Crippen molar-refractivity contribution in [2.75, 3.05) is 12.8 Å². The van der Waals surface area contributed by atoms with Crippen molar-refractivity contribution in [2.24, 2.45) is 0 Å². The first-order valence-corrected chi connectivity index (χ1v) is 6.76. The molecule has 0 aliphatic rings. The lowest BCUT2D eigenvalue weighted by Crippen LogP contribution is -2.13. The van der Waals surface area contributed by atoms with Crippen LogP contribution in [0.2, 0.25) is 4.34 Å². The summed E-state index contributed by atoms with van der Waals surface area (Å²) in [4.78, 5) is 1.21. The quantitative estimate of drug-likeness (QED) is 0.828. The predicted octanol–water partition coefficient (Wildman–Crippen LogP) is 3.28. The number of anilines is 1. The number of ether oxygens (including phenoxy) is 1. The summed E-state index contributed by atoms with van der Waals surface area (Å²) in [5.41, 5.74) is 7.72. The summed E-state index contributed by atoms with van der Waals surface area (Å²) in [5.74, 6) is 0.820. The normalized spacial score (nSPS) is 10.6. The smallest absolute Gasteiger partial charge is 0.119 e. The van der Waals surface area contributed by atoms with Gasteiger partial charge in [-0.3, -0.25) is 0 Å². The lowest BCUT2D eigenvalue weighted by atomic mass is 10.1. The highest BCUT2D eigenvalue weighted by molar-refractivity contribution is 7.16. The second-order valence-electron chi connectivity index (χ2n) is 3.87. The first kappa shape index (κ1) is 13.2. The molecule has 0 amide bonds. The molecule has 1 aromatic heterocycles. The monoisotopic (exact) mass is 282 g/mol. The first-order chi connectivity index (χ1) is 8.69. The number of nitrogens with two attached hydrogens (primary N) is 1. The van der Waals surface area contributed by atoms with Crippen LogP contribution in [0.5, 0.6) is 5.75 Å². The zero-order valence-electron chi connectivity index (χ0n) is 10.1. The number of nitrogens with one attached hydrogen (secondary N) is 1. The Morgan fingerprint density at radius 3 is 2.78 bits per heavy atom. The Balaban J connectivity index is 1.93. The molecular formula is C13H15ClN2OS. The van der Waals surface area contributed by atoms with Gasteiger partial charge in [-0.2, -0.15) is 0 Å². The van der Waals surface area contributed by atoms with Gasteiger partial charge in [-0.1, -0.05) is 11.6 Å². The summed E-state index contributed by atoms with van der Waals surface area (Å²) in [5, 5.41) is 3.34. The van der Waals surface area contributed by atoms with E-state index in [9.17, 15) is 0 Å². The van der Waals surface area contributed by atoms with Gasteiger partial charge in [0.15, 0.2) is 0 Å². The van der Waals surface area contributed by atoms with E-state index in [1.165, 1.54) is 4.88 Å². The molecule has 1 heterocycles. The SMILES string of the molecule is COc1ccc(N)c(CNCc2ccc(Cl)s2)c1. The highest BCUT2D eigenvalue weighted by Gasteiger charge is 2.02. The van der Waals surface area contributed by atoms with Crippen molar-refractivity contribution >= 4 is 28.6 Å². The number of rotatable bonds is 5. The Morgan fingerprint density at radius 2 is 2.11 bits per heavy atom. The van der Waals surface area contributed by atoms with Gasteiger partial charge < -0.3 is 15.8 Å². The number of hydrogen-bond donors (Lipinski definition) is 2. The van der Waals surface area contributed by atoms with E-state index < -0.39 is 0 Å². The molecule has 3 N–H and O–H groups in total. The van der Waals surface area contributed by atoms with E-state index in [1.807, 2.05) is 30.3 Å². The summed E-state index contributed by atoms with van der Waals surface area (Å²) in [7, 11) is 1.65. The average Bonchev–Trinajstić information content (AvgIpc) is 2.77. The molecule has 0 saturated carbocycles. The maximum Gasteiger partial charge on any atom is 0.119 e. The van der Waals surface area contributed by atoms with E-state index in [1.54, 1.807) is 18.4 Å². The van der Waals surface area contributed by atoms with Gasteiger partial charge in [0, 0.05) is 23.7 Å². The molecule has 1 aromatic carbocycles. The number of methoxy groups -OCH3 is 1. The van der Waals surface area contributed by atoms with Gasteiger partial charge >= 0.3 is 0 Å². The summed E-state index contributed by atoms with van der Waals surface area (Å²) >= 11 is 7.46. The highest BCUT2D eigenvalue weighted by Crippen LogP contribution is 2.22. The van der Waals surface area contributed by atoms with Crippen molar-refractivity contribution in [1.29, 1.82) is 0 Å². The Morgan fingerprint density at radius 1 is 1.28 bits per heavy atom. The number of hydrogen-bond acceptors (Lipinski definition) is 4. The van der Waals surface area contributed by atoms with Crippen molar-refractivity contribution in [3.05, 3.63) is 45.1 Å². The summed E-state index contributed by atoms with van der Waals surface area (Å²) in [6, 6.07) is 9.59. The van der Waals surface area contributed by atoms with Gasteiger partial charge in [0.05, 0.1) is 11.4 Å². The van der Waals surface area contributed by atoms with E-state index >= 15 is 0 Å². The lowest BCUT2D eigenvalue weighted by Gasteiger charge is -2.09. The Hall–Kier alpha value is -1.23. The van der Waals surface area contributed by atoms with Gasteiger partial charge in [0.1, 0.15) is 5.75 Å². The fourth-order valence-corrected chi connectivity index (χ4v) is 2.69. The van der Waals surface area contributed by atoms with Crippen LogP contribution in [0.15, 0.2) is 30.3 Å². The topological polar surface area (TPSA) is 47.3 Å². The maximum absolute atomic E-state index is 5.91. The molecule has 96 valence electrons. The number of halogens is 1. The van der Waals surface area contributed by atoms with E-state index in [2.05, 4.69) is 5.32 Å². The number of thiophene rings is 1. The van der Waals surface area contributed by atoms with Crippen LogP contribution in [0.4, 0.5) is 5.69 Å². The number of nitrogen functional groups attached to an aromatic ring is 1. The molecule has 2 aromatic rings. The molecule has 0 unspecified atom stereocenters. The fourth-order valence-electron chi connectivity index (χ4n) is 1.63. The van der Waals surface area contributed by atoms with Crippen molar-refractivity contribution in [1.82, 2.24) is 5.32 Å². The largest absolute Gasteiger partial charge is 0.497 e. The molecule has 18 heavy (non-hydrogen) atoms. The number of benzene rings is 1. The third-order valence-electron chi connectivity index (χ3n) is 2.59. The zero-order valence-corrected chi connectivity index (χ0v) is 11.6. The predicted molar refractivity (Wildman–Crippen MR) is 77.3 cm³/mol. The van der Waals surface area contributed by atoms with Crippen LogP contribution >= 0.6 is 22.9 Å². The zero-order chi connectivity index (χ0) is 13.0. The second kappa shape index (κ2) is 6.09.